The third-order valence-corrected chi connectivity index (χ3v) is 4.94. The molecule has 0 aromatic heterocycles. The summed E-state index contributed by atoms with van der Waals surface area (Å²) in [5.74, 6) is 0.0957. The molecule has 0 aliphatic carbocycles. The monoisotopic (exact) mass is 269 g/mol. The van der Waals surface area contributed by atoms with Crippen molar-refractivity contribution in [1.29, 1.82) is 0 Å². The lowest BCUT2D eigenvalue weighted by Crippen LogP contribution is -2.45. The lowest BCUT2D eigenvalue weighted by molar-refractivity contribution is 0.0832. The van der Waals surface area contributed by atoms with Crippen molar-refractivity contribution < 1.29 is 13.2 Å². The molecule has 1 saturated heterocycles. The van der Waals surface area contributed by atoms with E-state index in [1.165, 1.54) is 0 Å². The third kappa shape index (κ3) is 3.31. The van der Waals surface area contributed by atoms with Crippen LogP contribution in [0.1, 0.15) is 12.5 Å². The van der Waals surface area contributed by atoms with Gasteiger partial charge in [0.2, 0.25) is 0 Å². The van der Waals surface area contributed by atoms with Gasteiger partial charge in [0, 0.05) is 12.6 Å². The van der Waals surface area contributed by atoms with E-state index in [4.69, 9.17) is 4.74 Å². The highest BCUT2D eigenvalue weighted by Gasteiger charge is 2.22. The van der Waals surface area contributed by atoms with Crippen LogP contribution in [0.25, 0.3) is 0 Å². The molecule has 1 heterocycles. The normalized spacial score (nSPS) is 20.8. The molecule has 1 aliphatic heterocycles. The highest BCUT2D eigenvalue weighted by molar-refractivity contribution is 7.91. The number of benzene rings is 1. The van der Waals surface area contributed by atoms with E-state index < -0.39 is 9.84 Å². The van der Waals surface area contributed by atoms with Crippen molar-refractivity contribution in [1.82, 2.24) is 5.32 Å². The van der Waals surface area contributed by atoms with Crippen molar-refractivity contribution >= 4 is 9.84 Å². The molecular weight excluding hydrogens is 250 g/mol. The minimum Gasteiger partial charge on any atom is -0.378 e. The summed E-state index contributed by atoms with van der Waals surface area (Å²) in [6.07, 6.45) is 0.915. The fourth-order valence-electron chi connectivity index (χ4n) is 2.02. The van der Waals surface area contributed by atoms with Crippen molar-refractivity contribution in [3.8, 4) is 0 Å². The second kappa shape index (κ2) is 5.82. The largest absolute Gasteiger partial charge is 0.378 e. The van der Waals surface area contributed by atoms with Gasteiger partial charge in [-0.05, 0) is 24.1 Å². The Labute approximate surface area is 108 Å². The highest BCUT2D eigenvalue weighted by Crippen LogP contribution is 2.14. The maximum absolute atomic E-state index is 12.2. The van der Waals surface area contributed by atoms with Crippen molar-refractivity contribution in [3.63, 3.8) is 0 Å². The molecular formula is C13H19NO3S. The molecule has 0 radical (unpaired) electrons. The van der Waals surface area contributed by atoms with Crippen molar-refractivity contribution in [2.24, 2.45) is 0 Å². The third-order valence-electron chi connectivity index (χ3n) is 3.11. The number of hydrogen-bond donors (Lipinski definition) is 1. The molecule has 1 fully saturated rings. The molecule has 4 nitrogen and oxygen atoms in total. The zero-order valence-corrected chi connectivity index (χ0v) is 11.4. The van der Waals surface area contributed by atoms with Crippen LogP contribution in [-0.4, -0.2) is 40.0 Å². The number of nitrogens with one attached hydrogen (secondary N) is 1. The Bertz CT molecular complexity index is 475. The van der Waals surface area contributed by atoms with Gasteiger partial charge in [-0.25, -0.2) is 8.42 Å². The van der Waals surface area contributed by atoms with Crippen LogP contribution in [-0.2, 0) is 21.0 Å². The number of morpholine rings is 1. The molecule has 0 saturated carbocycles. The van der Waals surface area contributed by atoms with E-state index in [1.54, 1.807) is 12.1 Å². The lowest BCUT2D eigenvalue weighted by atomic mass is 10.2. The van der Waals surface area contributed by atoms with Gasteiger partial charge in [-0.2, -0.15) is 0 Å². The van der Waals surface area contributed by atoms with E-state index in [2.05, 4.69) is 5.32 Å². The predicted molar refractivity (Wildman–Crippen MR) is 70.5 cm³/mol. The van der Waals surface area contributed by atoms with Crippen LogP contribution in [0.2, 0.25) is 0 Å². The summed E-state index contributed by atoms with van der Waals surface area (Å²) in [7, 11) is -3.23. The Morgan fingerprint density at radius 1 is 1.33 bits per heavy atom. The summed E-state index contributed by atoms with van der Waals surface area (Å²) in [6, 6.07) is 7.03. The zero-order valence-electron chi connectivity index (χ0n) is 10.6. The fourth-order valence-corrected chi connectivity index (χ4v) is 3.51. The summed E-state index contributed by atoms with van der Waals surface area (Å²) in [5, 5.41) is 3.16. The van der Waals surface area contributed by atoms with E-state index in [1.807, 2.05) is 19.1 Å². The smallest absolute Gasteiger partial charge is 0.179 e. The summed E-state index contributed by atoms with van der Waals surface area (Å²) in [6.45, 7) is 3.88. The number of ether oxygens (including phenoxy) is 1. The molecule has 1 aromatic carbocycles. The van der Waals surface area contributed by atoms with Crippen LogP contribution in [0.15, 0.2) is 29.2 Å². The first kappa shape index (κ1) is 13.5. The maximum Gasteiger partial charge on any atom is 0.179 e. The van der Waals surface area contributed by atoms with E-state index in [-0.39, 0.29) is 11.8 Å². The average molecular weight is 269 g/mol. The molecule has 100 valence electrons. The van der Waals surface area contributed by atoms with E-state index >= 15 is 0 Å². The SMILES string of the molecule is CCc1ccc(S(=O)(=O)CC2COCCN2)cc1. The molecule has 1 unspecified atom stereocenters. The molecule has 1 aromatic rings. The molecule has 1 aliphatic rings. The zero-order chi connectivity index (χ0) is 13.0. The van der Waals surface area contributed by atoms with Crippen molar-refractivity contribution in [3.05, 3.63) is 29.8 Å². The van der Waals surface area contributed by atoms with Gasteiger partial charge in [0.15, 0.2) is 9.84 Å². The first-order valence-electron chi connectivity index (χ1n) is 6.24. The van der Waals surface area contributed by atoms with Gasteiger partial charge in [0.05, 0.1) is 23.9 Å². The van der Waals surface area contributed by atoms with Crippen molar-refractivity contribution in [2.45, 2.75) is 24.3 Å². The van der Waals surface area contributed by atoms with Crippen LogP contribution in [0.4, 0.5) is 0 Å². The van der Waals surface area contributed by atoms with Gasteiger partial charge < -0.3 is 10.1 Å². The second-order valence-electron chi connectivity index (χ2n) is 4.50. The Morgan fingerprint density at radius 3 is 2.61 bits per heavy atom. The first-order valence-corrected chi connectivity index (χ1v) is 7.90. The number of aryl methyl sites for hydroxylation is 1. The Kier molecular flexibility index (Phi) is 4.37. The summed E-state index contributed by atoms with van der Waals surface area (Å²) in [4.78, 5) is 0.395. The lowest BCUT2D eigenvalue weighted by Gasteiger charge is -2.23. The molecule has 1 N–H and O–H groups in total. The topological polar surface area (TPSA) is 55.4 Å². The molecule has 0 amide bonds. The van der Waals surface area contributed by atoms with Gasteiger partial charge in [-0.15, -0.1) is 0 Å². The van der Waals surface area contributed by atoms with Gasteiger partial charge in [0.1, 0.15) is 0 Å². The van der Waals surface area contributed by atoms with Crippen LogP contribution in [0.5, 0.6) is 0 Å². The predicted octanol–water partition coefficient (Wildman–Crippen LogP) is 1.01. The van der Waals surface area contributed by atoms with E-state index in [9.17, 15) is 8.42 Å². The minimum atomic E-state index is -3.23. The number of hydrogen-bond acceptors (Lipinski definition) is 4. The molecule has 1 atom stereocenters. The van der Waals surface area contributed by atoms with Gasteiger partial charge in [0.25, 0.3) is 0 Å². The number of rotatable bonds is 4. The maximum atomic E-state index is 12.2. The van der Waals surface area contributed by atoms with Crippen LogP contribution in [0.3, 0.4) is 0 Å². The molecule has 18 heavy (non-hydrogen) atoms. The van der Waals surface area contributed by atoms with Crippen LogP contribution >= 0.6 is 0 Å². The summed E-state index contributed by atoms with van der Waals surface area (Å²) >= 11 is 0. The Hall–Kier alpha value is -0.910. The van der Waals surface area contributed by atoms with Gasteiger partial charge >= 0.3 is 0 Å². The van der Waals surface area contributed by atoms with Gasteiger partial charge in [-0.1, -0.05) is 19.1 Å². The first-order chi connectivity index (χ1) is 8.62. The fraction of sp³-hybridized carbons (Fsp3) is 0.538. The summed E-state index contributed by atoms with van der Waals surface area (Å²) in [5.41, 5.74) is 1.15. The molecule has 0 bridgehead atoms. The van der Waals surface area contributed by atoms with Gasteiger partial charge in [-0.3, -0.25) is 0 Å². The van der Waals surface area contributed by atoms with Crippen molar-refractivity contribution in [2.75, 3.05) is 25.5 Å². The Balaban J connectivity index is 2.08. The van der Waals surface area contributed by atoms with Crippen LogP contribution < -0.4 is 5.32 Å². The van der Waals surface area contributed by atoms with E-state index in [0.29, 0.717) is 18.1 Å². The van der Waals surface area contributed by atoms with E-state index in [0.717, 1.165) is 18.5 Å². The second-order valence-corrected chi connectivity index (χ2v) is 6.54. The molecule has 2 rings (SSSR count). The molecule has 5 heteroatoms. The standard InChI is InChI=1S/C13H19NO3S/c1-2-11-3-5-13(6-4-11)18(15,16)10-12-9-17-8-7-14-12/h3-6,12,14H,2,7-10H2,1H3. The quantitative estimate of drug-likeness (QED) is 0.886. The minimum absolute atomic E-state index is 0.0957. The summed E-state index contributed by atoms with van der Waals surface area (Å²) < 4.78 is 29.7. The Morgan fingerprint density at radius 2 is 2.06 bits per heavy atom. The average Bonchev–Trinajstić information content (AvgIpc) is 2.39. The highest BCUT2D eigenvalue weighted by atomic mass is 32.2. The van der Waals surface area contributed by atoms with Crippen LogP contribution in [0, 0.1) is 0 Å². The molecule has 0 spiro atoms. The number of sulfone groups is 1.